The van der Waals surface area contributed by atoms with E-state index < -0.39 is 0 Å². The summed E-state index contributed by atoms with van der Waals surface area (Å²) in [7, 11) is 0. The molecule has 0 saturated carbocycles. The lowest BCUT2D eigenvalue weighted by Gasteiger charge is -2.11. The van der Waals surface area contributed by atoms with Crippen molar-refractivity contribution in [2.45, 2.75) is 27.7 Å². The van der Waals surface area contributed by atoms with E-state index in [1.54, 1.807) is 6.08 Å². The van der Waals surface area contributed by atoms with Gasteiger partial charge in [0.2, 0.25) is 0 Å². The third-order valence-corrected chi connectivity index (χ3v) is 4.03. The summed E-state index contributed by atoms with van der Waals surface area (Å²) < 4.78 is 0. The van der Waals surface area contributed by atoms with E-state index in [2.05, 4.69) is 50.4 Å². The van der Waals surface area contributed by atoms with Crippen molar-refractivity contribution in [1.29, 1.82) is 0 Å². The first-order valence-corrected chi connectivity index (χ1v) is 9.48. The first-order valence-electron chi connectivity index (χ1n) is 9.48. The molecule has 0 saturated heterocycles. The zero-order valence-electron chi connectivity index (χ0n) is 17.0. The summed E-state index contributed by atoms with van der Waals surface area (Å²) in [5.41, 5.74) is 5.31. The van der Waals surface area contributed by atoms with Gasteiger partial charge in [-0.2, -0.15) is 0 Å². The van der Waals surface area contributed by atoms with E-state index in [4.69, 9.17) is 4.99 Å². The highest BCUT2D eigenvalue weighted by atomic mass is 14.8. The fourth-order valence-electron chi connectivity index (χ4n) is 2.61. The molecular formula is C26H31N. The summed E-state index contributed by atoms with van der Waals surface area (Å²) in [4.78, 5) is 4.92. The number of hydrogen-bond acceptors (Lipinski definition) is 1. The van der Waals surface area contributed by atoms with Crippen LogP contribution >= 0.6 is 0 Å². The molecule has 0 aliphatic rings. The monoisotopic (exact) mass is 357 g/mol. The maximum Gasteiger partial charge on any atom is 0.0671 e. The van der Waals surface area contributed by atoms with Gasteiger partial charge in [0.25, 0.3) is 0 Å². The summed E-state index contributed by atoms with van der Waals surface area (Å²) in [6.45, 7) is 15.9. The van der Waals surface area contributed by atoms with Crippen LogP contribution in [0.25, 0.3) is 5.70 Å². The lowest BCUT2D eigenvalue weighted by Crippen LogP contribution is -1.98. The van der Waals surface area contributed by atoms with Gasteiger partial charge in [0, 0.05) is 11.6 Å². The van der Waals surface area contributed by atoms with Crippen LogP contribution in [-0.2, 0) is 0 Å². The molecule has 1 atom stereocenters. The fraction of sp³-hybridized carbons (Fsp3) is 0.192. The van der Waals surface area contributed by atoms with Crippen molar-refractivity contribution in [3.8, 4) is 0 Å². The first-order chi connectivity index (χ1) is 13.2. The van der Waals surface area contributed by atoms with Gasteiger partial charge in [-0.15, -0.1) is 0 Å². The van der Waals surface area contributed by atoms with E-state index in [1.807, 2.05) is 69.3 Å². The maximum atomic E-state index is 4.92. The second-order valence-corrected chi connectivity index (χ2v) is 5.88. The fourth-order valence-corrected chi connectivity index (χ4v) is 2.61. The van der Waals surface area contributed by atoms with Crippen molar-refractivity contribution in [2.24, 2.45) is 10.9 Å². The molecule has 27 heavy (non-hydrogen) atoms. The average molecular weight is 358 g/mol. The molecule has 1 nitrogen and oxygen atoms in total. The van der Waals surface area contributed by atoms with E-state index in [0.29, 0.717) is 0 Å². The molecule has 140 valence electrons. The van der Waals surface area contributed by atoms with Gasteiger partial charge >= 0.3 is 0 Å². The van der Waals surface area contributed by atoms with Crippen LogP contribution in [0.2, 0.25) is 0 Å². The first kappa shape index (κ1) is 22.1. The molecule has 0 radical (unpaired) electrons. The van der Waals surface area contributed by atoms with Crippen LogP contribution in [0.4, 0.5) is 0 Å². The minimum absolute atomic E-state index is 0.193. The van der Waals surface area contributed by atoms with Gasteiger partial charge in [-0.1, -0.05) is 119 Å². The van der Waals surface area contributed by atoms with Crippen molar-refractivity contribution in [3.63, 3.8) is 0 Å². The lowest BCUT2D eigenvalue weighted by molar-refractivity contribution is 0.892. The highest BCUT2D eigenvalue weighted by Crippen LogP contribution is 2.23. The Morgan fingerprint density at radius 3 is 1.89 bits per heavy atom. The quantitative estimate of drug-likeness (QED) is 0.359. The van der Waals surface area contributed by atoms with Gasteiger partial charge in [-0.25, -0.2) is 0 Å². The molecule has 2 aromatic carbocycles. The Labute approximate surface area is 165 Å². The largest absolute Gasteiger partial charge is 0.253 e. The SMILES string of the molecule is C=C/C=C(\C=C)[C@@H](C)/C=C(\N=C(C)c1ccccc1)c1ccccc1.CC. The number of nitrogens with zero attached hydrogens (tertiary/aromatic N) is 1. The lowest BCUT2D eigenvalue weighted by atomic mass is 9.97. The van der Waals surface area contributed by atoms with Crippen LogP contribution in [0.1, 0.15) is 38.8 Å². The molecule has 2 aromatic rings. The van der Waals surface area contributed by atoms with Gasteiger partial charge in [0.15, 0.2) is 0 Å². The van der Waals surface area contributed by atoms with Gasteiger partial charge in [-0.05, 0) is 23.6 Å². The molecule has 0 bridgehead atoms. The van der Waals surface area contributed by atoms with E-state index in [9.17, 15) is 0 Å². The second kappa shape index (κ2) is 12.4. The molecule has 0 spiro atoms. The normalized spacial score (nSPS) is 13.3. The molecular weight excluding hydrogens is 326 g/mol. The van der Waals surface area contributed by atoms with E-state index in [1.165, 1.54) is 0 Å². The van der Waals surface area contributed by atoms with Crippen LogP contribution in [0, 0.1) is 5.92 Å². The maximum absolute atomic E-state index is 4.92. The summed E-state index contributed by atoms with van der Waals surface area (Å²) in [5.74, 6) is 0.193. The van der Waals surface area contributed by atoms with Crippen LogP contribution in [0.5, 0.6) is 0 Å². The number of allylic oxidation sites excluding steroid dienone is 5. The zero-order valence-corrected chi connectivity index (χ0v) is 17.0. The Morgan fingerprint density at radius 1 is 0.889 bits per heavy atom. The molecule has 0 amide bonds. The van der Waals surface area contributed by atoms with Crippen LogP contribution in [0.15, 0.2) is 109 Å². The summed E-state index contributed by atoms with van der Waals surface area (Å²) >= 11 is 0. The molecule has 2 rings (SSSR count). The Balaban J connectivity index is 0.00000176. The second-order valence-electron chi connectivity index (χ2n) is 5.88. The number of hydrogen-bond donors (Lipinski definition) is 0. The topological polar surface area (TPSA) is 12.4 Å². The zero-order chi connectivity index (χ0) is 20.1. The third-order valence-electron chi connectivity index (χ3n) is 4.03. The predicted molar refractivity (Wildman–Crippen MR) is 122 cm³/mol. The van der Waals surface area contributed by atoms with Crippen LogP contribution < -0.4 is 0 Å². The van der Waals surface area contributed by atoms with Gasteiger partial charge in [0.05, 0.1) is 5.70 Å². The number of benzene rings is 2. The number of aliphatic imine (C=N–C) groups is 1. The minimum Gasteiger partial charge on any atom is -0.253 e. The molecule has 0 fully saturated rings. The van der Waals surface area contributed by atoms with Crippen molar-refractivity contribution in [3.05, 3.63) is 115 Å². The summed E-state index contributed by atoms with van der Waals surface area (Å²) in [6, 6.07) is 20.5. The molecule has 1 heteroatoms. The summed E-state index contributed by atoms with van der Waals surface area (Å²) in [5, 5.41) is 0. The Kier molecular flexibility index (Phi) is 10.2. The van der Waals surface area contributed by atoms with Gasteiger partial charge < -0.3 is 0 Å². The van der Waals surface area contributed by atoms with E-state index in [0.717, 1.165) is 28.1 Å². The van der Waals surface area contributed by atoms with E-state index >= 15 is 0 Å². The minimum atomic E-state index is 0.193. The molecule has 0 N–H and O–H groups in total. The van der Waals surface area contributed by atoms with E-state index in [-0.39, 0.29) is 5.92 Å². The average Bonchev–Trinajstić information content (AvgIpc) is 2.74. The van der Waals surface area contributed by atoms with Crippen LogP contribution in [0.3, 0.4) is 0 Å². The van der Waals surface area contributed by atoms with Crippen molar-refractivity contribution in [1.82, 2.24) is 0 Å². The molecule has 0 heterocycles. The van der Waals surface area contributed by atoms with Crippen molar-refractivity contribution in [2.75, 3.05) is 0 Å². The number of rotatable bonds is 7. The van der Waals surface area contributed by atoms with Gasteiger partial charge in [0.1, 0.15) is 0 Å². The highest BCUT2D eigenvalue weighted by molar-refractivity contribution is 6.01. The standard InChI is InChI=1S/C24H25N.C2H6/c1-5-13-21(6-2)19(3)18-24(23-16-11-8-12-17-23)25-20(4)22-14-9-7-10-15-22;1-2/h5-19H,1-2H2,3-4H3;1-2H3/b21-13+,24-18-,25-20?;/t19-;/m0./s1. The molecule has 0 aliphatic heterocycles. The van der Waals surface area contributed by atoms with Crippen LogP contribution in [-0.4, -0.2) is 5.71 Å². The highest BCUT2D eigenvalue weighted by Gasteiger charge is 2.07. The van der Waals surface area contributed by atoms with Crippen molar-refractivity contribution >= 4 is 11.4 Å². The van der Waals surface area contributed by atoms with Gasteiger partial charge in [-0.3, -0.25) is 4.99 Å². The van der Waals surface area contributed by atoms with Crippen molar-refractivity contribution < 1.29 is 0 Å². The Hall–Kier alpha value is -2.93. The third kappa shape index (κ3) is 7.07. The molecule has 0 unspecified atom stereocenters. The summed E-state index contributed by atoms with van der Waals surface area (Å²) in [6.07, 6.45) is 7.84. The smallest absolute Gasteiger partial charge is 0.0671 e. The molecule has 0 aromatic heterocycles. The Bertz CT molecular complexity index is 793. The predicted octanol–water partition coefficient (Wildman–Crippen LogP) is 7.50. The molecule has 0 aliphatic carbocycles. The Morgan fingerprint density at radius 2 is 1.41 bits per heavy atom.